The number of aromatic hydroxyl groups is 1. The number of hydrogen-bond acceptors (Lipinski definition) is 6. The van der Waals surface area contributed by atoms with Crippen LogP contribution < -0.4 is 5.32 Å². The number of aryl methyl sites for hydroxylation is 3. The summed E-state index contributed by atoms with van der Waals surface area (Å²) in [6, 6.07) is 11.3. The van der Waals surface area contributed by atoms with Crippen LogP contribution >= 0.6 is 22.9 Å². The number of aliphatic carboxylic acids is 1. The minimum absolute atomic E-state index is 0.0879. The summed E-state index contributed by atoms with van der Waals surface area (Å²) in [5, 5.41) is 32.8. The average molecular weight is 487 g/mol. The number of amides is 1. The Morgan fingerprint density at radius 1 is 1.21 bits per heavy atom. The van der Waals surface area contributed by atoms with Gasteiger partial charge < -0.3 is 20.6 Å². The van der Waals surface area contributed by atoms with E-state index in [0.29, 0.717) is 29.0 Å². The number of phenolic OH excluding ortho intramolecular Hbond substituents is 1. The number of benzene rings is 2. The molecule has 9 heteroatoms. The van der Waals surface area contributed by atoms with Crippen LogP contribution in [0.1, 0.15) is 49.6 Å². The molecule has 0 aliphatic rings. The maximum absolute atomic E-state index is 12.7. The van der Waals surface area contributed by atoms with E-state index in [1.807, 2.05) is 13.0 Å². The first-order chi connectivity index (χ1) is 15.6. The van der Waals surface area contributed by atoms with E-state index >= 15 is 0 Å². The van der Waals surface area contributed by atoms with Crippen molar-refractivity contribution in [3.63, 3.8) is 0 Å². The van der Waals surface area contributed by atoms with Crippen LogP contribution in [0.3, 0.4) is 0 Å². The van der Waals surface area contributed by atoms with Gasteiger partial charge in [0, 0.05) is 0 Å². The largest absolute Gasteiger partial charge is 0.508 e. The van der Waals surface area contributed by atoms with Crippen molar-refractivity contribution in [2.75, 3.05) is 0 Å². The number of carbonyl (C=O) groups excluding carboxylic acids is 1. The number of halogens is 1. The standard InChI is InChI=1S/C24H23ClN2O5S/c1-13-22(33-14(2)26-13)12-20(24(31)32)27-23(30)18-8-7-16(11-19(18)25)21(29)9-6-15-4-3-5-17(28)10-15/h3-5,7-8,10-12,21,28-29H,6,9H2,1-2H3,(H,27,30)(H,31,32)/b20-12-. The number of hydrogen-bond donors (Lipinski definition) is 4. The molecule has 0 saturated carbocycles. The first kappa shape index (κ1) is 24.4. The van der Waals surface area contributed by atoms with Gasteiger partial charge in [-0.3, -0.25) is 4.79 Å². The van der Waals surface area contributed by atoms with Gasteiger partial charge in [0.25, 0.3) is 5.91 Å². The number of nitrogens with one attached hydrogen (secondary N) is 1. The Bertz CT molecular complexity index is 1220. The van der Waals surface area contributed by atoms with Crippen molar-refractivity contribution in [2.24, 2.45) is 0 Å². The predicted molar refractivity (Wildman–Crippen MR) is 128 cm³/mol. The van der Waals surface area contributed by atoms with Crippen molar-refractivity contribution in [1.82, 2.24) is 10.3 Å². The zero-order valence-corrected chi connectivity index (χ0v) is 19.6. The molecule has 7 nitrogen and oxygen atoms in total. The van der Waals surface area contributed by atoms with Crippen molar-refractivity contribution < 1.29 is 24.9 Å². The van der Waals surface area contributed by atoms with E-state index in [4.69, 9.17) is 11.6 Å². The first-order valence-electron chi connectivity index (χ1n) is 10.1. The highest BCUT2D eigenvalue weighted by Crippen LogP contribution is 2.26. The summed E-state index contributed by atoms with van der Waals surface area (Å²) in [4.78, 5) is 29.2. The van der Waals surface area contributed by atoms with Crippen molar-refractivity contribution in [2.45, 2.75) is 32.8 Å². The maximum atomic E-state index is 12.7. The Hall–Kier alpha value is -3.20. The van der Waals surface area contributed by atoms with Gasteiger partial charge in [-0.1, -0.05) is 29.8 Å². The van der Waals surface area contributed by atoms with Crippen LogP contribution in [0.25, 0.3) is 6.08 Å². The lowest BCUT2D eigenvalue weighted by molar-refractivity contribution is -0.132. The molecule has 1 unspecified atom stereocenters. The molecule has 0 saturated heterocycles. The Labute approximate surface area is 200 Å². The molecule has 0 bridgehead atoms. The van der Waals surface area contributed by atoms with Crippen LogP contribution in [0, 0.1) is 13.8 Å². The molecule has 4 N–H and O–H groups in total. The van der Waals surface area contributed by atoms with Gasteiger partial charge in [0.05, 0.1) is 32.3 Å². The number of carboxylic acids is 1. The van der Waals surface area contributed by atoms with Gasteiger partial charge in [0.2, 0.25) is 0 Å². The number of aliphatic hydroxyl groups excluding tert-OH is 1. The topological polar surface area (TPSA) is 120 Å². The minimum Gasteiger partial charge on any atom is -0.508 e. The number of aliphatic hydroxyl groups is 1. The third-order valence-corrected chi connectivity index (χ3v) is 6.27. The Morgan fingerprint density at radius 2 is 1.97 bits per heavy atom. The third kappa shape index (κ3) is 6.41. The van der Waals surface area contributed by atoms with Gasteiger partial charge in [-0.25, -0.2) is 9.78 Å². The van der Waals surface area contributed by atoms with E-state index in [-0.39, 0.29) is 22.0 Å². The monoisotopic (exact) mass is 486 g/mol. The Kier molecular flexibility index (Phi) is 7.86. The summed E-state index contributed by atoms with van der Waals surface area (Å²) in [6.07, 6.45) is 1.48. The molecule has 0 radical (unpaired) electrons. The number of thiazole rings is 1. The van der Waals surface area contributed by atoms with Gasteiger partial charge in [-0.2, -0.15) is 0 Å². The van der Waals surface area contributed by atoms with E-state index in [1.54, 1.807) is 31.2 Å². The van der Waals surface area contributed by atoms with Gasteiger partial charge in [0.1, 0.15) is 11.4 Å². The molecular weight excluding hydrogens is 464 g/mol. The normalized spacial score (nSPS) is 12.4. The lowest BCUT2D eigenvalue weighted by Crippen LogP contribution is -2.27. The van der Waals surface area contributed by atoms with Crippen molar-refractivity contribution in [3.05, 3.63) is 85.5 Å². The zero-order valence-electron chi connectivity index (χ0n) is 18.0. The summed E-state index contributed by atoms with van der Waals surface area (Å²) in [5.41, 5.74) is 1.88. The second-order valence-electron chi connectivity index (χ2n) is 7.46. The van der Waals surface area contributed by atoms with Gasteiger partial charge >= 0.3 is 5.97 Å². The number of carbonyl (C=O) groups is 2. The fraction of sp³-hybridized carbons (Fsp3) is 0.208. The Morgan fingerprint density at radius 3 is 2.58 bits per heavy atom. The van der Waals surface area contributed by atoms with Crippen molar-refractivity contribution in [1.29, 1.82) is 0 Å². The van der Waals surface area contributed by atoms with Crippen LogP contribution in [-0.2, 0) is 11.2 Å². The molecule has 3 rings (SSSR count). The number of phenols is 1. The van der Waals surface area contributed by atoms with Gasteiger partial charge in [-0.15, -0.1) is 11.3 Å². The minimum atomic E-state index is -1.29. The summed E-state index contributed by atoms with van der Waals surface area (Å²) >= 11 is 7.60. The molecule has 3 aromatic rings. The van der Waals surface area contributed by atoms with E-state index in [0.717, 1.165) is 10.6 Å². The molecule has 1 heterocycles. The molecule has 33 heavy (non-hydrogen) atoms. The summed E-state index contributed by atoms with van der Waals surface area (Å²) in [7, 11) is 0. The highest BCUT2D eigenvalue weighted by atomic mass is 35.5. The maximum Gasteiger partial charge on any atom is 0.352 e. The zero-order chi connectivity index (χ0) is 24.1. The Balaban J connectivity index is 1.72. The fourth-order valence-electron chi connectivity index (χ4n) is 3.26. The molecule has 0 aliphatic carbocycles. The summed E-state index contributed by atoms with van der Waals surface area (Å²) in [6.45, 7) is 3.57. The number of aromatic nitrogens is 1. The number of rotatable bonds is 8. The SMILES string of the molecule is Cc1nc(C)c(/C=C(\NC(=O)c2ccc(C(O)CCc3cccc(O)c3)cc2Cl)C(=O)O)s1. The molecule has 0 fully saturated rings. The van der Waals surface area contributed by atoms with Crippen LogP contribution in [0.4, 0.5) is 0 Å². The fourth-order valence-corrected chi connectivity index (χ4v) is 4.40. The predicted octanol–water partition coefficient (Wildman–Crippen LogP) is 4.64. The van der Waals surface area contributed by atoms with Crippen molar-refractivity contribution in [3.8, 4) is 5.75 Å². The molecule has 0 spiro atoms. The van der Waals surface area contributed by atoms with Crippen LogP contribution in [0.2, 0.25) is 5.02 Å². The van der Waals surface area contributed by atoms with E-state index in [1.165, 1.54) is 29.5 Å². The van der Waals surface area contributed by atoms with Crippen LogP contribution in [0.15, 0.2) is 48.2 Å². The second-order valence-corrected chi connectivity index (χ2v) is 9.11. The third-order valence-electron chi connectivity index (χ3n) is 4.93. The van der Waals surface area contributed by atoms with E-state index in [9.17, 15) is 24.9 Å². The van der Waals surface area contributed by atoms with Crippen molar-refractivity contribution >= 4 is 40.9 Å². The average Bonchev–Trinajstić information content (AvgIpc) is 3.07. The molecule has 0 aliphatic heterocycles. The number of carboxylic acid groups (broad SMARTS) is 1. The molecular formula is C24H23ClN2O5S. The number of nitrogens with zero attached hydrogens (tertiary/aromatic N) is 1. The second kappa shape index (κ2) is 10.6. The molecule has 2 aromatic carbocycles. The van der Waals surface area contributed by atoms with E-state index in [2.05, 4.69) is 10.3 Å². The van der Waals surface area contributed by atoms with Crippen LogP contribution in [-0.4, -0.2) is 32.2 Å². The lowest BCUT2D eigenvalue weighted by atomic mass is 10.00. The van der Waals surface area contributed by atoms with Crippen LogP contribution in [0.5, 0.6) is 5.75 Å². The lowest BCUT2D eigenvalue weighted by Gasteiger charge is -2.13. The highest BCUT2D eigenvalue weighted by molar-refractivity contribution is 7.12. The van der Waals surface area contributed by atoms with Gasteiger partial charge in [-0.05, 0) is 68.2 Å². The molecule has 1 atom stereocenters. The first-order valence-corrected chi connectivity index (χ1v) is 11.3. The quantitative estimate of drug-likeness (QED) is 0.344. The molecule has 1 aromatic heterocycles. The van der Waals surface area contributed by atoms with Gasteiger partial charge in [0.15, 0.2) is 0 Å². The smallest absolute Gasteiger partial charge is 0.352 e. The summed E-state index contributed by atoms with van der Waals surface area (Å²) in [5.74, 6) is -1.80. The van der Waals surface area contributed by atoms with E-state index < -0.39 is 18.0 Å². The summed E-state index contributed by atoms with van der Waals surface area (Å²) < 4.78 is 0. The highest BCUT2D eigenvalue weighted by Gasteiger charge is 2.18. The molecule has 172 valence electrons. The molecule has 1 amide bonds.